The minimum Gasteiger partial charge on any atom is -0.427 e. The number of esters is 1. The van der Waals surface area contributed by atoms with E-state index in [0.29, 0.717) is 17.2 Å². The molecule has 0 bridgehead atoms. The number of carbonyl (C=O) groups excluding carboxylic acids is 2. The van der Waals surface area contributed by atoms with Gasteiger partial charge in [-0.3, -0.25) is 4.79 Å². The van der Waals surface area contributed by atoms with Gasteiger partial charge in [-0.2, -0.15) is 5.10 Å². The van der Waals surface area contributed by atoms with Crippen LogP contribution in [0.5, 0.6) is 0 Å². The molecule has 2 heterocycles. The first-order valence-corrected chi connectivity index (χ1v) is 8.40. The smallest absolute Gasteiger partial charge is 0.343 e. The molecule has 5 nitrogen and oxygen atoms in total. The van der Waals surface area contributed by atoms with Gasteiger partial charge < -0.3 is 10.2 Å². The van der Waals surface area contributed by atoms with Crippen LogP contribution in [0.3, 0.4) is 0 Å². The van der Waals surface area contributed by atoms with Crippen molar-refractivity contribution in [2.45, 2.75) is 6.42 Å². The van der Waals surface area contributed by atoms with Gasteiger partial charge in [-0.15, -0.1) is 11.8 Å². The van der Waals surface area contributed by atoms with E-state index in [1.54, 1.807) is 42.1 Å². The van der Waals surface area contributed by atoms with Gasteiger partial charge in [0, 0.05) is 23.8 Å². The molecule has 0 aromatic heterocycles. The number of hydrogen-bond donors (Lipinski definition) is 1. The lowest BCUT2D eigenvalue weighted by Gasteiger charge is -2.25. The maximum absolute atomic E-state index is 12.4. The number of benzene rings is 1. The lowest BCUT2D eigenvalue weighted by Crippen LogP contribution is -2.28. The zero-order valence-electron chi connectivity index (χ0n) is 12.2. The van der Waals surface area contributed by atoms with Gasteiger partial charge in [-0.05, 0) is 18.2 Å². The Labute approximate surface area is 137 Å². The molecule has 0 spiro atoms. The first-order valence-electron chi connectivity index (χ1n) is 7.41. The van der Waals surface area contributed by atoms with Gasteiger partial charge in [0.05, 0.1) is 22.6 Å². The quantitative estimate of drug-likeness (QED) is 0.845. The van der Waals surface area contributed by atoms with Crippen molar-refractivity contribution in [2.75, 3.05) is 12.3 Å². The summed E-state index contributed by atoms with van der Waals surface area (Å²) in [6.45, 7) is 0.792. The number of fused-ring (bicyclic) bond motifs is 2. The van der Waals surface area contributed by atoms with E-state index in [9.17, 15) is 9.59 Å². The topological polar surface area (TPSA) is 67.8 Å². The Hall–Kier alpha value is -2.34. The highest BCUT2D eigenvalue weighted by atomic mass is 32.2. The van der Waals surface area contributed by atoms with Gasteiger partial charge in [-0.1, -0.05) is 18.2 Å². The lowest BCUT2D eigenvalue weighted by molar-refractivity contribution is -0.114. The number of nitrogens with one attached hydrogen (secondary N) is 1. The maximum atomic E-state index is 12.4. The third kappa shape index (κ3) is 2.59. The number of allylic oxidation sites excluding steroid dienone is 4. The fourth-order valence-corrected chi connectivity index (χ4v) is 4.06. The monoisotopic (exact) mass is 326 g/mol. The van der Waals surface area contributed by atoms with Crippen molar-refractivity contribution in [1.82, 2.24) is 5.43 Å². The molecule has 116 valence electrons. The number of hydrazone groups is 1. The molecule has 1 aromatic rings. The molecule has 1 aromatic carbocycles. The molecule has 1 N–H and O–H groups in total. The van der Waals surface area contributed by atoms with Crippen LogP contribution in [0.2, 0.25) is 0 Å². The molecule has 23 heavy (non-hydrogen) atoms. The molecule has 2 aliphatic heterocycles. The largest absolute Gasteiger partial charge is 0.427 e. The average Bonchev–Trinajstić information content (AvgIpc) is 3.05. The number of nitrogens with zero attached hydrogens (tertiary/aromatic N) is 1. The van der Waals surface area contributed by atoms with Gasteiger partial charge >= 0.3 is 5.97 Å². The molecule has 0 saturated carbocycles. The Kier molecular flexibility index (Phi) is 3.53. The molecule has 6 heteroatoms. The summed E-state index contributed by atoms with van der Waals surface area (Å²) in [7, 11) is 0. The van der Waals surface area contributed by atoms with Crippen molar-refractivity contribution in [1.29, 1.82) is 0 Å². The van der Waals surface area contributed by atoms with E-state index in [1.807, 2.05) is 6.07 Å². The summed E-state index contributed by atoms with van der Waals surface area (Å²) in [5.74, 6) is 1.12. The summed E-state index contributed by atoms with van der Waals surface area (Å²) in [5, 5.41) is 4.31. The van der Waals surface area contributed by atoms with E-state index < -0.39 is 5.97 Å². The number of ether oxygens (including phenoxy) is 1. The third-order valence-corrected chi connectivity index (χ3v) is 5.31. The Morgan fingerprint density at radius 1 is 1.30 bits per heavy atom. The van der Waals surface area contributed by atoms with E-state index in [-0.39, 0.29) is 12.2 Å². The van der Waals surface area contributed by atoms with Crippen LogP contribution in [0.25, 0.3) is 0 Å². The van der Waals surface area contributed by atoms with Crippen molar-refractivity contribution in [3.63, 3.8) is 0 Å². The van der Waals surface area contributed by atoms with Gasteiger partial charge in [0.15, 0.2) is 5.78 Å². The zero-order valence-corrected chi connectivity index (χ0v) is 13.1. The van der Waals surface area contributed by atoms with Crippen molar-refractivity contribution >= 4 is 29.2 Å². The van der Waals surface area contributed by atoms with E-state index in [1.165, 1.54) is 0 Å². The number of carbonyl (C=O) groups is 2. The Balaban J connectivity index is 1.62. The van der Waals surface area contributed by atoms with Crippen LogP contribution in [0.1, 0.15) is 16.8 Å². The van der Waals surface area contributed by atoms with Crippen LogP contribution >= 0.6 is 11.8 Å². The Bertz CT molecular complexity index is 780. The molecule has 1 aliphatic carbocycles. The molecule has 0 saturated heterocycles. The second kappa shape index (κ2) is 5.70. The molecule has 0 amide bonds. The van der Waals surface area contributed by atoms with Crippen LogP contribution in [-0.4, -0.2) is 29.8 Å². The predicted molar refractivity (Wildman–Crippen MR) is 88.0 cm³/mol. The van der Waals surface area contributed by atoms with Crippen LogP contribution in [0.4, 0.5) is 0 Å². The van der Waals surface area contributed by atoms with Crippen LogP contribution < -0.4 is 5.43 Å². The van der Waals surface area contributed by atoms with E-state index >= 15 is 0 Å². The second-order valence-corrected chi connectivity index (χ2v) is 6.61. The van der Waals surface area contributed by atoms with E-state index in [4.69, 9.17) is 4.74 Å². The van der Waals surface area contributed by atoms with Crippen LogP contribution in [0.15, 0.2) is 57.7 Å². The second-order valence-electron chi connectivity index (χ2n) is 5.58. The van der Waals surface area contributed by atoms with Gasteiger partial charge in [-0.25, -0.2) is 4.79 Å². The molecule has 0 radical (unpaired) electrons. The first-order chi connectivity index (χ1) is 11.2. The number of Topliss-reactive ketones (excluding diaryl/α,β-unsaturated/α-hetero) is 1. The summed E-state index contributed by atoms with van der Waals surface area (Å²) in [5.41, 5.74) is 5.17. The normalized spacial score (nSPS) is 22.6. The first kappa shape index (κ1) is 14.3. The average molecular weight is 326 g/mol. The molecule has 1 unspecified atom stereocenters. The summed E-state index contributed by atoms with van der Waals surface area (Å²) in [6.07, 6.45) is 1.92. The molecule has 0 fully saturated rings. The third-order valence-electron chi connectivity index (χ3n) is 4.00. The highest BCUT2D eigenvalue weighted by Gasteiger charge is 2.36. The summed E-state index contributed by atoms with van der Waals surface area (Å²) < 4.78 is 5.43. The molecular formula is C17H14N2O3S. The Morgan fingerprint density at radius 3 is 2.96 bits per heavy atom. The van der Waals surface area contributed by atoms with Crippen molar-refractivity contribution < 1.29 is 14.3 Å². The van der Waals surface area contributed by atoms with Crippen molar-refractivity contribution in [3.05, 3.63) is 58.2 Å². The van der Waals surface area contributed by atoms with Crippen molar-refractivity contribution in [3.8, 4) is 0 Å². The molecule has 1 atom stereocenters. The van der Waals surface area contributed by atoms with Gasteiger partial charge in [0.25, 0.3) is 0 Å². The van der Waals surface area contributed by atoms with E-state index in [2.05, 4.69) is 10.5 Å². The fraction of sp³-hybridized carbons (Fsp3) is 0.235. The highest BCUT2D eigenvalue weighted by molar-refractivity contribution is 8.04. The minimum atomic E-state index is -0.444. The SMILES string of the molecule is O=C1CC(OC(=O)c2ccccc2)=CC2=C1SCC1CNN=C21. The van der Waals surface area contributed by atoms with E-state index in [0.717, 1.165) is 28.5 Å². The highest BCUT2D eigenvalue weighted by Crippen LogP contribution is 2.38. The van der Waals surface area contributed by atoms with Crippen LogP contribution in [-0.2, 0) is 9.53 Å². The van der Waals surface area contributed by atoms with Crippen LogP contribution in [0, 0.1) is 5.92 Å². The fourth-order valence-electron chi connectivity index (χ4n) is 2.86. The number of thioether (sulfide) groups is 1. The number of hydrogen-bond acceptors (Lipinski definition) is 6. The lowest BCUT2D eigenvalue weighted by atomic mass is 9.93. The van der Waals surface area contributed by atoms with Gasteiger partial charge in [0.2, 0.25) is 0 Å². The summed E-state index contributed by atoms with van der Waals surface area (Å²) in [4.78, 5) is 25.3. The summed E-state index contributed by atoms with van der Waals surface area (Å²) >= 11 is 1.57. The Morgan fingerprint density at radius 2 is 2.13 bits per heavy atom. The predicted octanol–water partition coefficient (Wildman–Crippen LogP) is 2.28. The van der Waals surface area contributed by atoms with Crippen molar-refractivity contribution in [2.24, 2.45) is 11.0 Å². The number of ketones is 1. The van der Waals surface area contributed by atoms with Gasteiger partial charge in [0.1, 0.15) is 5.76 Å². The maximum Gasteiger partial charge on any atom is 0.343 e. The molecule has 4 rings (SSSR count). The molecule has 3 aliphatic rings. The molecular weight excluding hydrogens is 312 g/mol. The standard InChI is InChI=1S/C17H14N2O3S/c20-14-7-12(22-17(21)10-4-2-1-3-5-10)6-13-15-11(8-18-19-15)9-23-16(13)14/h1-6,11,18H,7-9H2. The zero-order chi connectivity index (χ0) is 15.8. The number of rotatable bonds is 2. The minimum absolute atomic E-state index is 0.00332. The summed E-state index contributed by atoms with van der Waals surface area (Å²) in [6, 6.07) is 8.77.